The van der Waals surface area contributed by atoms with Crippen LogP contribution in [-0.4, -0.2) is 9.13 Å². The Bertz CT molecular complexity index is 2480. The highest BCUT2D eigenvalue weighted by Gasteiger charge is 2.34. The molecule has 0 spiro atoms. The van der Waals surface area contributed by atoms with Crippen LogP contribution >= 0.6 is 11.8 Å². The summed E-state index contributed by atoms with van der Waals surface area (Å²) in [6.45, 7) is 0. The molecule has 0 radical (unpaired) electrons. The minimum Gasteiger partial charge on any atom is -0.313 e. The summed E-state index contributed by atoms with van der Waals surface area (Å²) in [5.41, 5.74) is 12.9. The van der Waals surface area contributed by atoms with Crippen LogP contribution in [0.3, 0.4) is 0 Å². The maximum absolute atomic E-state index is 2.50. The van der Waals surface area contributed by atoms with Crippen LogP contribution in [-0.2, 0) is 6.42 Å². The largest absolute Gasteiger partial charge is 0.313 e. The summed E-state index contributed by atoms with van der Waals surface area (Å²) in [5, 5.41) is 3.88. The van der Waals surface area contributed by atoms with Crippen molar-refractivity contribution in [2.24, 2.45) is 0 Å². The van der Waals surface area contributed by atoms with Crippen molar-refractivity contribution in [2.75, 3.05) is 0 Å². The van der Waals surface area contributed by atoms with Gasteiger partial charge >= 0.3 is 0 Å². The molecular formula is C42H28N2S. The number of fused-ring (bicyclic) bond motifs is 9. The second kappa shape index (κ2) is 9.62. The monoisotopic (exact) mass is 592 g/mol. The summed E-state index contributed by atoms with van der Waals surface area (Å²) >= 11 is 1.95. The minimum atomic E-state index is 0.425. The highest BCUT2D eigenvalue weighted by atomic mass is 32.2. The summed E-state index contributed by atoms with van der Waals surface area (Å²) in [6, 6.07) is 53.3. The van der Waals surface area contributed by atoms with Gasteiger partial charge < -0.3 is 9.13 Å². The molecule has 212 valence electrons. The van der Waals surface area contributed by atoms with Gasteiger partial charge in [0.05, 0.1) is 16.6 Å². The van der Waals surface area contributed by atoms with Crippen molar-refractivity contribution in [1.29, 1.82) is 0 Å². The molecule has 8 aromatic rings. The van der Waals surface area contributed by atoms with Crippen LogP contribution in [0.1, 0.15) is 22.7 Å². The zero-order valence-corrected chi connectivity index (χ0v) is 25.3. The average molecular weight is 593 g/mol. The van der Waals surface area contributed by atoms with Gasteiger partial charge in [-0.05, 0) is 88.3 Å². The van der Waals surface area contributed by atoms with Gasteiger partial charge in [0.1, 0.15) is 0 Å². The summed E-state index contributed by atoms with van der Waals surface area (Å²) in [5.74, 6) is 0.425. The van der Waals surface area contributed by atoms with Crippen LogP contribution in [0.15, 0.2) is 155 Å². The number of aromatic nitrogens is 2. The van der Waals surface area contributed by atoms with E-state index in [2.05, 4.69) is 161 Å². The predicted octanol–water partition coefficient (Wildman–Crippen LogP) is 11.2. The van der Waals surface area contributed by atoms with Crippen molar-refractivity contribution < 1.29 is 0 Å². The molecule has 2 aromatic heterocycles. The summed E-state index contributed by atoms with van der Waals surface area (Å²) in [7, 11) is 0. The Balaban J connectivity index is 1.18. The lowest BCUT2D eigenvalue weighted by molar-refractivity contribution is 0.772. The third-order valence-electron chi connectivity index (χ3n) is 9.69. The first-order chi connectivity index (χ1) is 22.3. The Morgan fingerprint density at radius 3 is 1.89 bits per heavy atom. The van der Waals surface area contributed by atoms with Gasteiger partial charge in [0, 0.05) is 56.0 Å². The van der Waals surface area contributed by atoms with E-state index in [9.17, 15) is 0 Å². The molecule has 1 aliphatic heterocycles. The smallest absolute Gasteiger partial charge is 0.0541 e. The molecule has 0 amide bonds. The van der Waals surface area contributed by atoms with E-state index >= 15 is 0 Å². The highest BCUT2D eigenvalue weighted by molar-refractivity contribution is 8.03. The van der Waals surface area contributed by atoms with Gasteiger partial charge in [0.25, 0.3) is 0 Å². The third kappa shape index (κ3) is 3.71. The van der Waals surface area contributed by atoms with E-state index < -0.39 is 0 Å². The molecule has 2 aliphatic rings. The number of rotatable bonds is 3. The van der Waals surface area contributed by atoms with E-state index in [4.69, 9.17) is 0 Å². The zero-order valence-electron chi connectivity index (χ0n) is 24.5. The molecule has 0 fully saturated rings. The number of hydrogen-bond donors (Lipinski definition) is 0. The number of hydrogen-bond acceptors (Lipinski definition) is 1. The quantitative estimate of drug-likeness (QED) is 0.198. The van der Waals surface area contributed by atoms with Gasteiger partial charge in [0.2, 0.25) is 0 Å². The zero-order chi connectivity index (χ0) is 29.5. The molecule has 45 heavy (non-hydrogen) atoms. The Kier molecular flexibility index (Phi) is 5.37. The minimum absolute atomic E-state index is 0.425. The normalized spacial score (nSPS) is 15.3. The van der Waals surface area contributed by atoms with Gasteiger partial charge in [-0.15, -0.1) is 0 Å². The van der Waals surface area contributed by atoms with Crippen LogP contribution in [0.2, 0.25) is 0 Å². The van der Waals surface area contributed by atoms with Crippen LogP contribution in [0.25, 0.3) is 61.3 Å². The second-order valence-corrected chi connectivity index (χ2v) is 13.2. The SMILES string of the molecule is C1=C2Sc3ccccc3C2Cc2c1c1cc(-c3ccc4c(c3)c3ccccc3n4-c3ccccc3)ccc1n2-c1ccccc1. The van der Waals surface area contributed by atoms with Gasteiger partial charge in [-0.2, -0.15) is 0 Å². The summed E-state index contributed by atoms with van der Waals surface area (Å²) in [4.78, 5) is 2.87. The maximum Gasteiger partial charge on any atom is 0.0541 e. The maximum atomic E-state index is 2.50. The molecule has 1 unspecified atom stereocenters. The van der Waals surface area contributed by atoms with Crippen molar-refractivity contribution in [3.63, 3.8) is 0 Å². The molecule has 3 heterocycles. The summed E-state index contributed by atoms with van der Waals surface area (Å²) in [6.07, 6.45) is 3.49. The molecule has 2 nitrogen and oxygen atoms in total. The second-order valence-electron chi connectivity index (χ2n) is 12.1. The van der Waals surface area contributed by atoms with Crippen molar-refractivity contribution in [1.82, 2.24) is 9.13 Å². The molecule has 10 rings (SSSR count). The van der Waals surface area contributed by atoms with Crippen LogP contribution in [0, 0.1) is 0 Å². The Morgan fingerprint density at radius 1 is 0.511 bits per heavy atom. The Hall–Kier alpha value is -5.25. The molecule has 1 atom stereocenters. The number of benzene rings is 6. The highest BCUT2D eigenvalue weighted by Crippen LogP contribution is 2.54. The van der Waals surface area contributed by atoms with Crippen molar-refractivity contribution in [2.45, 2.75) is 17.2 Å². The van der Waals surface area contributed by atoms with E-state index in [1.165, 1.54) is 81.8 Å². The average Bonchev–Trinajstić information content (AvgIpc) is 3.74. The van der Waals surface area contributed by atoms with E-state index in [-0.39, 0.29) is 0 Å². The van der Waals surface area contributed by atoms with Crippen LogP contribution < -0.4 is 0 Å². The first-order valence-electron chi connectivity index (χ1n) is 15.6. The third-order valence-corrected chi connectivity index (χ3v) is 10.9. The van der Waals surface area contributed by atoms with Gasteiger partial charge in [-0.25, -0.2) is 0 Å². The topological polar surface area (TPSA) is 9.86 Å². The number of thioether (sulfide) groups is 1. The first kappa shape index (κ1) is 25.1. The van der Waals surface area contributed by atoms with Gasteiger partial charge in [-0.1, -0.05) is 96.7 Å². The Labute approximate surface area is 265 Å². The molecule has 0 saturated carbocycles. The lowest BCUT2D eigenvalue weighted by atomic mass is 9.87. The number of allylic oxidation sites excluding steroid dienone is 1. The van der Waals surface area contributed by atoms with Crippen LogP contribution in [0.4, 0.5) is 0 Å². The molecule has 0 saturated heterocycles. The van der Waals surface area contributed by atoms with Crippen LogP contribution in [0.5, 0.6) is 0 Å². The standard InChI is InChI=1S/C42H28N2S/c1-3-11-29(12-4-1)43-37-17-9-7-15-31(37)33-23-27(19-21-38(33)43)28-20-22-39-34(24-28)35-26-42-36(32-16-8-10-18-41(32)45-42)25-40(35)44(39)30-13-5-2-6-14-30/h1-24,26,36H,25H2. The van der Waals surface area contributed by atoms with Crippen molar-refractivity contribution in [3.05, 3.63) is 167 Å². The van der Waals surface area contributed by atoms with E-state index in [0.29, 0.717) is 5.92 Å². The summed E-state index contributed by atoms with van der Waals surface area (Å²) < 4.78 is 4.89. The lowest BCUT2D eigenvalue weighted by Crippen LogP contribution is -2.10. The molecule has 3 heteroatoms. The molecule has 0 N–H and O–H groups in total. The predicted molar refractivity (Wildman–Crippen MR) is 190 cm³/mol. The number of nitrogens with zero attached hydrogens (tertiary/aromatic N) is 2. The van der Waals surface area contributed by atoms with Crippen molar-refractivity contribution >= 4 is 50.5 Å². The lowest BCUT2D eigenvalue weighted by Gasteiger charge is -2.21. The fourth-order valence-corrected chi connectivity index (χ4v) is 8.94. The fraction of sp³-hybridized carbons (Fsp3) is 0.0476. The molecule has 0 bridgehead atoms. The molecule has 6 aromatic carbocycles. The molecule has 1 aliphatic carbocycles. The van der Waals surface area contributed by atoms with E-state index in [1.807, 2.05) is 11.8 Å². The van der Waals surface area contributed by atoms with Crippen molar-refractivity contribution in [3.8, 4) is 22.5 Å². The fourth-order valence-electron chi connectivity index (χ4n) is 7.68. The van der Waals surface area contributed by atoms with Gasteiger partial charge in [-0.3, -0.25) is 0 Å². The van der Waals surface area contributed by atoms with Gasteiger partial charge in [0.15, 0.2) is 0 Å². The Morgan fingerprint density at radius 2 is 1.11 bits per heavy atom. The molecular weight excluding hydrogens is 565 g/mol. The van der Waals surface area contributed by atoms with E-state index in [0.717, 1.165) is 6.42 Å². The first-order valence-corrected chi connectivity index (χ1v) is 16.4. The number of para-hydroxylation sites is 3. The van der Waals surface area contributed by atoms with E-state index in [1.54, 1.807) is 0 Å².